The first-order valence-corrected chi connectivity index (χ1v) is 10.8. The van der Waals surface area contributed by atoms with Gasteiger partial charge in [0.2, 0.25) is 11.8 Å². The molecule has 1 fully saturated rings. The molecule has 3 rings (SSSR count). The van der Waals surface area contributed by atoms with Gasteiger partial charge in [0.25, 0.3) is 0 Å². The van der Waals surface area contributed by atoms with Crippen LogP contribution in [0.4, 0.5) is 16.2 Å². The summed E-state index contributed by atoms with van der Waals surface area (Å²) in [5.74, 6) is 0.403. The first-order valence-electron chi connectivity index (χ1n) is 10.8. The van der Waals surface area contributed by atoms with Gasteiger partial charge in [0.05, 0.1) is 0 Å². The van der Waals surface area contributed by atoms with E-state index < -0.39 is 12.1 Å². The molecular formula is C24H30N4O3. The van der Waals surface area contributed by atoms with Gasteiger partial charge in [0.1, 0.15) is 6.04 Å². The molecule has 1 aliphatic rings. The molecule has 164 valence electrons. The third-order valence-electron chi connectivity index (χ3n) is 5.48. The smallest absolute Gasteiger partial charge is 0.320 e. The fraction of sp³-hybridized carbons (Fsp3) is 0.375. The summed E-state index contributed by atoms with van der Waals surface area (Å²) in [5, 5.41) is 8.36. The Morgan fingerprint density at radius 3 is 2.26 bits per heavy atom. The van der Waals surface area contributed by atoms with Gasteiger partial charge in [0.15, 0.2) is 0 Å². The molecule has 3 N–H and O–H groups in total. The second kappa shape index (κ2) is 10.6. The van der Waals surface area contributed by atoms with Crippen LogP contribution in [0.3, 0.4) is 0 Å². The highest BCUT2D eigenvalue weighted by Gasteiger charge is 2.29. The van der Waals surface area contributed by atoms with Gasteiger partial charge in [-0.3, -0.25) is 9.59 Å². The predicted molar refractivity (Wildman–Crippen MR) is 122 cm³/mol. The molecule has 0 radical (unpaired) electrons. The zero-order chi connectivity index (χ0) is 22.2. The van der Waals surface area contributed by atoms with E-state index in [1.165, 1.54) is 0 Å². The van der Waals surface area contributed by atoms with Crippen LogP contribution in [-0.4, -0.2) is 35.8 Å². The summed E-state index contributed by atoms with van der Waals surface area (Å²) < 4.78 is 0. The molecule has 0 unspecified atom stereocenters. The zero-order valence-electron chi connectivity index (χ0n) is 18.1. The molecule has 0 saturated carbocycles. The number of hydrogen-bond donors (Lipinski definition) is 3. The lowest BCUT2D eigenvalue weighted by molar-refractivity contribution is -0.134. The Hall–Kier alpha value is -3.35. The van der Waals surface area contributed by atoms with Gasteiger partial charge in [-0.2, -0.15) is 0 Å². The number of carbonyl (C=O) groups excluding carboxylic acids is 3. The molecule has 31 heavy (non-hydrogen) atoms. The number of anilines is 2. The summed E-state index contributed by atoms with van der Waals surface area (Å²) in [7, 11) is 0. The van der Waals surface area contributed by atoms with E-state index in [0.717, 1.165) is 18.4 Å². The van der Waals surface area contributed by atoms with Crippen molar-refractivity contribution >= 4 is 29.2 Å². The highest BCUT2D eigenvalue weighted by Crippen LogP contribution is 2.22. The number of hydrogen-bond acceptors (Lipinski definition) is 3. The van der Waals surface area contributed by atoms with Crippen molar-refractivity contribution in [1.29, 1.82) is 0 Å². The van der Waals surface area contributed by atoms with Crippen molar-refractivity contribution in [3.8, 4) is 0 Å². The van der Waals surface area contributed by atoms with Crippen LogP contribution in [0.25, 0.3) is 0 Å². The van der Waals surface area contributed by atoms with Crippen LogP contribution < -0.4 is 16.0 Å². The summed E-state index contributed by atoms with van der Waals surface area (Å²) in [6.07, 6.45) is 2.31. The van der Waals surface area contributed by atoms with Crippen LogP contribution in [0.5, 0.6) is 0 Å². The molecule has 0 spiro atoms. The molecule has 1 heterocycles. The van der Waals surface area contributed by atoms with Crippen LogP contribution >= 0.6 is 0 Å². The standard InChI is InChI=1S/C24H30N4O3/c1-3-21(29)25-19-10-7-11-20(16-19)26-24(31)27-22(18-8-5-4-6-9-18)23(30)28-14-12-17(2)13-15-28/h4-11,16-17,22H,3,12-15H2,1-2H3,(H,25,29)(H2,26,27,31)/t22-/m0/s1. The molecule has 2 aromatic carbocycles. The summed E-state index contributed by atoms with van der Waals surface area (Å²) in [4.78, 5) is 39.4. The van der Waals surface area contributed by atoms with E-state index >= 15 is 0 Å². The number of nitrogens with one attached hydrogen (secondary N) is 3. The van der Waals surface area contributed by atoms with E-state index in [1.807, 2.05) is 35.2 Å². The zero-order valence-corrected chi connectivity index (χ0v) is 18.1. The fourth-order valence-corrected chi connectivity index (χ4v) is 3.57. The number of nitrogens with zero attached hydrogens (tertiary/aromatic N) is 1. The number of likely N-dealkylation sites (tertiary alicyclic amines) is 1. The molecule has 0 aromatic heterocycles. The first kappa shape index (κ1) is 22.3. The Kier molecular flexibility index (Phi) is 7.65. The van der Waals surface area contributed by atoms with Crippen LogP contribution in [0.1, 0.15) is 44.7 Å². The molecule has 4 amide bonds. The number of piperidine rings is 1. The van der Waals surface area contributed by atoms with Crippen LogP contribution in [-0.2, 0) is 9.59 Å². The Morgan fingerprint density at radius 1 is 0.968 bits per heavy atom. The van der Waals surface area contributed by atoms with Crippen molar-refractivity contribution in [2.75, 3.05) is 23.7 Å². The van der Waals surface area contributed by atoms with E-state index in [-0.39, 0.29) is 11.8 Å². The largest absolute Gasteiger partial charge is 0.341 e. The summed E-state index contributed by atoms with van der Waals surface area (Å²) in [6, 6.07) is 14.9. The Bertz CT molecular complexity index is 908. The van der Waals surface area contributed by atoms with Gasteiger partial charge in [0, 0.05) is 30.9 Å². The Morgan fingerprint density at radius 2 is 1.61 bits per heavy atom. The van der Waals surface area contributed by atoms with Crippen LogP contribution in [0, 0.1) is 5.92 Å². The molecule has 2 aromatic rings. The minimum atomic E-state index is -0.766. The molecule has 0 bridgehead atoms. The van der Waals surface area contributed by atoms with Gasteiger partial charge in [-0.25, -0.2) is 4.79 Å². The molecule has 0 aliphatic carbocycles. The Balaban J connectivity index is 1.71. The van der Waals surface area contributed by atoms with Crippen molar-refractivity contribution in [3.63, 3.8) is 0 Å². The third kappa shape index (κ3) is 6.31. The quantitative estimate of drug-likeness (QED) is 0.653. The van der Waals surface area contributed by atoms with E-state index in [1.54, 1.807) is 31.2 Å². The highest BCUT2D eigenvalue weighted by atomic mass is 16.2. The second-order valence-electron chi connectivity index (χ2n) is 7.93. The predicted octanol–water partition coefficient (Wildman–Crippen LogP) is 4.16. The van der Waals surface area contributed by atoms with Crippen molar-refractivity contribution in [3.05, 3.63) is 60.2 Å². The van der Waals surface area contributed by atoms with Crippen molar-refractivity contribution < 1.29 is 14.4 Å². The average Bonchev–Trinajstić information content (AvgIpc) is 2.78. The van der Waals surface area contributed by atoms with E-state index in [2.05, 4.69) is 22.9 Å². The number of benzene rings is 2. The van der Waals surface area contributed by atoms with Crippen LogP contribution in [0.15, 0.2) is 54.6 Å². The lowest BCUT2D eigenvalue weighted by atomic mass is 9.97. The minimum Gasteiger partial charge on any atom is -0.341 e. The van der Waals surface area contributed by atoms with E-state index in [0.29, 0.717) is 36.8 Å². The monoisotopic (exact) mass is 422 g/mol. The van der Waals surface area contributed by atoms with Crippen molar-refractivity contribution in [1.82, 2.24) is 10.2 Å². The van der Waals surface area contributed by atoms with Crippen LogP contribution in [0.2, 0.25) is 0 Å². The number of amides is 4. The van der Waals surface area contributed by atoms with Crippen molar-refractivity contribution in [2.45, 2.75) is 39.2 Å². The summed E-state index contributed by atoms with van der Waals surface area (Å²) in [6.45, 7) is 5.37. The summed E-state index contributed by atoms with van der Waals surface area (Å²) >= 11 is 0. The lowest BCUT2D eigenvalue weighted by Crippen LogP contribution is -2.46. The first-order chi connectivity index (χ1) is 15.0. The molecular weight excluding hydrogens is 392 g/mol. The maximum Gasteiger partial charge on any atom is 0.320 e. The highest BCUT2D eigenvalue weighted by molar-refractivity contribution is 5.95. The number of urea groups is 1. The fourth-order valence-electron chi connectivity index (χ4n) is 3.57. The SMILES string of the molecule is CCC(=O)Nc1cccc(NC(=O)N[C@H](C(=O)N2CCC(C)CC2)c2ccccc2)c1. The van der Waals surface area contributed by atoms with E-state index in [4.69, 9.17) is 0 Å². The molecule has 1 aliphatic heterocycles. The minimum absolute atomic E-state index is 0.0998. The number of rotatable bonds is 6. The summed E-state index contributed by atoms with van der Waals surface area (Å²) in [5.41, 5.74) is 1.87. The second-order valence-corrected chi connectivity index (χ2v) is 7.93. The normalized spacial score (nSPS) is 15.1. The molecule has 7 heteroatoms. The average molecular weight is 423 g/mol. The Labute approximate surface area is 183 Å². The number of carbonyl (C=O) groups is 3. The topological polar surface area (TPSA) is 90.5 Å². The van der Waals surface area contributed by atoms with E-state index in [9.17, 15) is 14.4 Å². The van der Waals surface area contributed by atoms with Gasteiger partial charge in [-0.05, 0) is 42.5 Å². The molecule has 7 nitrogen and oxygen atoms in total. The maximum absolute atomic E-state index is 13.2. The lowest BCUT2D eigenvalue weighted by Gasteiger charge is -2.33. The van der Waals surface area contributed by atoms with Gasteiger partial charge in [-0.15, -0.1) is 0 Å². The van der Waals surface area contributed by atoms with Gasteiger partial charge < -0.3 is 20.9 Å². The van der Waals surface area contributed by atoms with Gasteiger partial charge >= 0.3 is 6.03 Å². The molecule has 1 saturated heterocycles. The third-order valence-corrected chi connectivity index (χ3v) is 5.48. The van der Waals surface area contributed by atoms with Crippen molar-refractivity contribution in [2.24, 2.45) is 5.92 Å². The molecule has 1 atom stereocenters. The van der Waals surface area contributed by atoms with Gasteiger partial charge in [-0.1, -0.05) is 50.2 Å². The maximum atomic E-state index is 13.2.